The van der Waals surface area contributed by atoms with Gasteiger partial charge < -0.3 is 10.2 Å². The van der Waals surface area contributed by atoms with Gasteiger partial charge in [0, 0.05) is 18.7 Å². The molecule has 3 nitrogen and oxygen atoms in total. The maximum Gasteiger partial charge on any atom is 0.0950 e. The molecule has 96 valence electrons. The minimum Gasteiger partial charge on any atom is -0.472 e. The Bertz CT molecular complexity index is 330. The van der Waals surface area contributed by atoms with E-state index < -0.39 is 0 Å². The predicted molar refractivity (Wildman–Crippen MR) is 69.7 cm³/mol. The minimum atomic E-state index is 0.328. The number of hydrogen-bond donors (Lipinski definition) is 1. The summed E-state index contributed by atoms with van der Waals surface area (Å²) in [5, 5.41) is 0. The van der Waals surface area contributed by atoms with Gasteiger partial charge in [-0.1, -0.05) is 13.8 Å². The van der Waals surface area contributed by atoms with Gasteiger partial charge >= 0.3 is 0 Å². The van der Waals surface area contributed by atoms with Crippen LogP contribution in [-0.4, -0.2) is 24.5 Å². The van der Waals surface area contributed by atoms with E-state index in [9.17, 15) is 0 Å². The summed E-state index contributed by atoms with van der Waals surface area (Å²) in [7, 11) is 0. The van der Waals surface area contributed by atoms with E-state index in [2.05, 4.69) is 18.7 Å². The average Bonchev–Trinajstić information content (AvgIpc) is 3.00. The molecule has 17 heavy (non-hydrogen) atoms. The molecule has 2 heterocycles. The number of rotatable bonds is 5. The molecule has 1 aliphatic rings. The molecule has 1 fully saturated rings. The summed E-state index contributed by atoms with van der Waals surface area (Å²) < 4.78 is 5.18. The van der Waals surface area contributed by atoms with E-state index in [0.717, 1.165) is 6.54 Å². The van der Waals surface area contributed by atoms with Crippen molar-refractivity contribution in [2.45, 2.75) is 39.2 Å². The summed E-state index contributed by atoms with van der Waals surface area (Å²) in [5.74, 6) is 0. The maximum absolute atomic E-state index is 5.93. The quantitative estimate of drug-likeness (QED) is 0.854. The van der Waals surface area contributed by atoms with Crippen LogP contribution in [0.5, 0.6) is 0 Å². The molecule has 2 rings (SSSR count). The van der Waals surface area contributed by atoms with Crippen molar-refractivity contribution in [3.05, 3.63) is 24.2 Å². The van der Waals surface area contributed by atoms with Gasteiger partial charge in [-0.3, -0.25) is 4.90 Å². The van der Waals surface area contributed by atoms with Crippen LogP contribution in [0, 0.1) is 5.41 Å². The Morgan fingerprint density at radius 1 is 1.47 bits per heavy atom. The normalized spacial score (nSPS) is 21.8. The fraction of sp³-hybridized carbons (Fsp3) is 0.714. The number of hydrogen-bond acceptors (Lipinski definition) is 3. The molecule has 0 bridgehead atoms. The van der Waals surface area contributed by atoms with Gasteiger partial charge in [0.15, 0.2) is 0 Å². The van der Waals surface area contributed by atoms with Crippen LogP contribution in [0.25, 0.3) is 0 Å². The van der Waals surface area contributed by atoms with Gasteiger partial charge in [-0.05, 0) is 37.3 Å². The molecule has 0 spiro atoms. The summed E-state index contributed by atoms with van der Waals surface area (Å²) in [6.07, 6.45) is 7.40. The molecule has 2 N–H and O–H groups in total. The van der Waals surface area contributed by atoms with Gasteiger partial charge in [0.2, 0.25) is 0 Å². The number of furan rings is 1. The monoisotopic (exact) mass is 236 g/mol. The second kappa shape index (κ2) is 5.23. The van der Waals surface area contributed by atoms with Gasteiger partial charge in [0.25, 0.3) is 0 Å². The standard InChI is InChI=1S/C14H24N2O/c1-3-14(4-2)6-7-16(11-14)13(9-15)12-5-8-17-10-12/h5,8,10,13H,3-4,6-7,9,11,15H2,1-2H3. The Hall–Kier alpha value is -0.800. The second-order valence-corrected chi connectivity index (χ2v) is 5.24. The summed E-state index contributed by atoms with van der Waals surface area (Å²) in [5.41, 5.74) is 7.66. The van der Waals surface area contributed by atoms with E-state index in [0.29, 0.717) is 18.0 Å². The topological polar surface area (TPSA) is 42.4 Å². The van der Waals surface area contributed by atoms with Crippen molar-refractivity contribution < 1.29 is 4.42 Å². The van der Waals surface area contributed by atoms with Gasteiger partial charge in [-0.2, -0.15) is 0 Å². The van der Waals surface area contributed by atoms with Crippen LogP contribution in [0.15, 0.2) is 23.0 Å². The first-order valence-electron chi connectivity index (χ1n) is 6.71. The van der Waals surface area contributed by atoms with Crippen LogP contribution >= 0.6 is 0 Å². The third-order valence-corrected chi connectivity index (χ3v) is 4.56. The van der Waals surface area contributed by atoms with Crippen molar-refractivity contribution in [2.24, 2.45) is 11.1 Å². The van der Waals surface area contributed by atoms with E-state index in [1.54, 1.807) is 6.26 Å². The van der Waals surface area contributed by atoms with Crippen LogP contribution in [0.2, 0.25) is 0 Å². The Morgan fingerprint density at radius 3 is 2.71 bits per heavy atom. The second-order valence-electron chi connectivity index (χ2n) is 5.24. The van der Waals surface area contributed by atoms with Crippen molar-refractivity contribution in [2.75, 3.05) is 19.6 Å². The van der Waals surface area contributed by atoms with E-state index in [1.165, 1.54) is 31.4 Å². The Balaban J connectivity index is 2.08. The molecule has 1 unspecified atom stereocenters. The van der Waals surface area contributed by atoms with Gasteiger partial charge in [0.05, 0.1) is 18.6 Å². The zero-order chi connectivity index (χ0) is 12.3. The summed E-state index contributed by atoms with van der Waals surface area (Å²) in [4.78, 5) is 2.53. The van der Waals surface area contributed by atoms with Gasteiger partial charge in [-0.15, -0.1) is 0 Å². The Labute approximate surface area is 104 Å². The van der Waals surface area contributed by atoms with E-state index in [4.69, 9.17) is 10.2 Å². The molecule has 1 aliphatic heterocycles. The Kier molecular flexibility index (Phi) is 3.89. The van der Waals surface area contributed by atoms with E-state index in [1.807, 2.05) is 12.3 Å². The highest BCUT2D eigenvalue weighted by molar-refractivity contribution is 5.13. The molecule has 1 atom stereocenters. The van der Waals surface area contributed by atoms with Crippen molar-refractivity contribution in [3.63, 3.8) is 0 Å². The van der Waals surface area contributed by atoms with Crippen molar-refractivity contribution in [1.82, 2.24) is 4.90 Å². The smallest absolute Gasteiger partial charge is 0.0950 e. The molecule has 0 aromatic carbocycles. The third-order valence-electron chi connectivity index (χ3n) is 4.56. The third kappa shape index (κ3) is 2.40. The van der Waals surface area contributed by atoms with Crippen molar-refractivity contribution in [3.8, 4) is 0 Å². The van der Waals surface area contributed by atoms with Crippen LogP contribution in [0.3, 0.4) is 0 Å². The fourth-order valence-corrected chi connectivity index (χ4v) is 3.02. The minimum absolute atomic E-state index is 0.328. The largest absolute Gasteiger partial charge is 0.472 e. The van der Waals surface area contributed by atoms with Crippen LogP contribution in [0.1, 0.15) is 44.7 Å². The molecule has 0 aliphatic carbocycles. The van der Waals surface area contributed by atoms with Crippen molar-refractivity contribution >= 4 is 0 Å². The Morgan fingerprint density at radius 2 is 2.24 bits per heavy atom. The van der Waals surface area contributed by atoms with Gasteiger partial charge in [0.1, 0.15) is 0 Å². The van der Waals surface area contributed by atoms with Crippen molar-refractivity contribution in [1.29, 1.82) is 0 Å². The lowest BCUT2D eigenvalue weighted by Gasteiger charge is -2.30. The first-order chi connectivity index (χ1) is 8.24. The molecule has 0 amide bonds. The SMILES string of the molecule is CCC1(CC)CCN(C(CN)c2ccoc2)C1. The molecule has 3 heteroatoms. The van der Waals surface area contributed by atoms with Gasteiger partial charge in [-0.25, -0.2) is 0 Å². The lowest BCUT2D eigenvalue weighted by atomic mass is 9.82. The summed E-state index contributed by atoms with van der Waals surface area (Å²) in [6.45, 7) is 7.62. The summed E-state index contributed by atoms with van der Waals surface area (Å²) in [6, 6.07) is 2.36. The summed E-state index contributed by atoms with van der Waals surface area (Å²) >= 11 is 0. The molecule has 1 saturated heterocycles. The van der Waals surface area contributed by atoms with Crippen LogP contribution in [0.4, 0.5) is 0 Å². The highest BCUT2D eigenvalue weighted by Gasteiger charge is 2.37. The highest BCUT2D eigenvalue weighted by atomic mass is 16.3. The maximum atomic E-state index is 5.93. The molecule has 0 saturated carbocycles. The molecule has 1 aromatic heterocycles. The lowest BCUT2D eigenvalue weighted by Crippen LogP contribution is -2.34. The number of nitrogens with two attached hydrogens (primary N) is 1. The number of nitrogens with zero attached hydrogens (tertiary/aromatic N) is 1. The fourth-order valence-electron chi connectivity index (χ4n) is 3.02. The van der Waals surface area contributed by atoms with Crippen LogP contribution < -0.4 is 5.73 Å². The first-order valence-corrected chi connectivity index (χ1v) is 6.71. The average molecular weight is 236 g/mol. The zero-order valence-electron chi connectivity index (χ0n) is 11.0. The highest BCUT2D eigenvalue weighted by Crippen LogP contribution is 2.40. The predicted octanol–water partition coefficient (Wildman–Crippen LogP) is 2.79. The molecule has 0 radical (unpaired) electrons. The van der Waals surface area contributed by atoms with E-state index in [-0.39, 0.29) is 0 Å². The lowest BCUT2D eigenvalue weighted by molar-refractivity contribution is 0.197. The van der Waals surface area contributed by atoms with Crippen LogP contribution in [-0.2, 0) is 0 Å². The molecule has 1 aromatic rings. The molecular formula is C14H24N2O. The first kappa shape index (κ1) is 12.7. The zero-order valence-corrected chi connectivity index (χ0v) is 11.0. The van der Waals surface area contributed by atoms with E-state index >= 15 is 0 Å². The number of likely N-dealkylation sites (tertiary alicyclic amines) is 1. The molecular weight excluding hydrogens is 212 g/mol.